The molecule has 0 saturated carbocycles. The van der Waals surface area contributed by atoms with E-state index in [0.29, 0.717) is 11.4 Å². The van der Waals surface area contributed by atoms with Crippen LogP contribution in [-0.4, -0.2) is 42.4 Å². The van der Waals surface area contributed by atoms with Crippen molar-refractivity contribution in [2.45, 2.75) is 26.8 Å². The highest BCUT2D eigenvalue weighted by atomic mass is 16.2. The van der Waals surface area contributed by atoms with Gasteiger partial charge in [-0.2, -0.15) is 0 Å². The minimum atomic E-state index is -0.754. The Kier molecular flexibility index (Phi) is 7.77. The molecule has 29 heavy (non-hydrogen) atoms. The van der Waals surface area contributed by atoms with Crippen molar-refractivity contribution < 1.29 is 14.4 Å². The van der Waals surface area contributed by atoms with Gasteiger partial charge in [-0.3, -0.25) is 9.59 Å². The van der Waals surface area contributed by atoms with Gasteiger partial charge in [0.15, 0.2) is 0 Å². The summed E-state index contributed by atoms with van der Waals surface area (Å²) in [6.45, 7) is 5.53. The highest BCUT2D eigenvalue weighted by molar-refractivity contribution is 5.97. The molecule has 0 aliphatic rings. The molecule has 0 aromatic heterocycles. The number of para-hydroxylation sites is 1. The number of nitrogens with zero attached hydrogens (tertiary/aromatic N) is 1. The van der Waals surface area contributed by atoms with E-state index < -0.39 is 12.1 Å². The summed E-state index contributed by atoms with van der Waals surface area (Å²) >= 11 is 0. The van der Waals surface area contributed by atoms with Gasteiger partial charge in [-0.05, 0) is 37.1 Å². The van der Waals surface area contributed by atoms with Crippen molar-refractivity contribution in [3.63, 3.8) is 0 Å². The first kappa shape index (κ1) is 21.9. The Morgan fingerprint density at radius 1 is 0.897 bits per heavy atom. The molecule has 0 saturated heterocycles. The normalized spacial score (nSPS) is 11.5. The van der Waals surface area contributed by atoms with E-state index in [9.17, 15) is 14.4 Å². The summed E-state index contributed by atoms with van der Waals surface area (Å²) in [6.07, 6.45) is 0. The van der Waals surface area contributed by atoms with E-state index in [1.165, 1.54) is 4.90 Å². The second-order valence-corrected chi connectivity index (χ2v) is 7.29. The van der Waals surface area contributed by atoms with Crippen LogP contribution in [0, 0.1) is 12.8 Å². The predicted molar refractivity (Wildman–Crippen MR) is 115 cm³/mol. The van der Waals surface area contributed by atoms with Crippen molar-refractivity contribution in [1.29, 1.82) is 0 Å². The topological polar surface area (TPSA) is 90.5 Å². The molecule has 154 valence electrons. The number of amides is 4. The Bertz CT molecular complexity index is 835. The highest BCUT2D eigenvalue weighted by Crippen LogP contribution is 2.10. The van der Waals surface area contributed by atoms with E-state index in [-0.39, 0.29) is 24.3 Å². The minimum Gasteiger partial charge on any atom is -0.335 e. The maximum atomic E-state index is 12.8. The third-order valence-electron chi connectivity index (χ3n) is 4.34. The molecular formula is C22H28N4O3. The molecular weight excluding hydrogens is 368 g/mol. The molecule has 4 amide bonds. The van der Waals surface area contributed by atoms with Gasteiger partial charge in [0, 0.05) is 18.4 Å². The Morgan fingerprint density at radius 3 is 2.07 bits per heavy atom. The van der Waals surface area contributed by atoms with E-state index in [2.05, 4.69) is 16.0 Å². The summed E-state index contributed by atoms with van der Waals surface area (Å²) in [5.41, 5.74) is 2.39. The van der Waals surface area contributed by atoms with Gasteiger partial charge in [0.2, 0.25) is 11.8 Å². The number of carbonyl (C=O) groups excluding carboxylic acids is 3. The molecule has 7 heteroatoms. The number of carbonyl (C=O) groups is 3. The summed E-state index contributed by atoms with van der Waals surface area (Å²) in [6, 6.07) is 15.2. The van der Waals surface area contributed by atoms with Crippen LogP contribution in [0.2, 0.25) is 0 Å². The molecule has 2 aromatic rings. The summed E-state index contributed by atoms with van der Waals surface area (Å²) in [5, 5.41) is 8.16. The number of aryl methyl sites for hydroxylation is 1. The van der Waals surface area contributed by atoms with Crippen molar-refractivity contribution in [2.75, 3.05) is 24.2 Å². The van der Waals surface area contributed by atoms with Gasteiger partial charge in [0.05, 0.1) is 6.54 Å². The number of nitrogens with one attached hydrogen (secondary N) is 3. The molecule has 0 heterocycles. The maximum absolute atomic E-state index is 12.8. The molecule has 3 N–H and O–H groups in total. The lowest BCUT2D eigenvalue weighted by Gasteiger charge is -2.26. The van der Waals surface area contributed by atoms with Crippen LogP contribution < -0.4 is 16.0 Å². The average Bonchev–Trinajstić information content (AvgIpc) is 2.68. The number of urea groups is 1. The molecule has 0 aliphatic carbocycles. The zero-order chi connectivity index (χ0) is 21.4. The quantitative estimate of drug-likeness (QED) is 0.671. The Labute approximate surface area is 171 Å². The summed E-state index contributed by atoms with van der Waals surface area (Å²) < 4.78 is 0. The van der Waals surface area contributed by atoms with Gasteiger partial charge in [-0.25, -0.2) is 4.79 Å². The van der Waals surface area contributed by atoms with Gasteiger partial charge in [-0.1, -0.05) is 49.7 Å². The van der Waals surface area contributed by atoms with Crippen LogP contribution in [0.5, 0.6) is 0 Å². The fraction of sp³-hybridized carbons (Fsp3) is 0.318. The summed E-state index contributed by atoms with van der Waals surface area (Å²) in [7, 11) is 1.54. The smallest absolute Gasteiger partial charge is 0.319 e. The third kappa shape index (κ3) is 6.95. The Morgan fingerprint density at radius 2 is 1.48 bits per heavy atom. The molecule has 0 spiro atoms. The standard InChI is InChI=1S/C22H28N4O3/c1-15(2)20(25-22(29)24-17-8-6-5-7-9-17)21(28)26(4)14-19(27)23-18-12-10-16(3)11-13-18/h5-13,15,20H,14H2,1-4H3,(H,23,27)(H2,24,25,29). The molecule has 2 aromatic carbocycles. The second kappa shape index (κ2) is 10.3. The predicted octanol–water partition coefficient (Wildman–Crippen LogP) is 3.24. The number of benzene rings is 2. The van der Waals surface area contributed by atoms with Crippen molar-refractivity contribution in [3.05, 3.63) is 60.2 Å². The fourth-order valence-electron chi connectivity index (χ4n) is 2.71. The first-order valence-electron chi connectivity index (χ1n) is 9.50. The van der Waals surface area contributed by atoms with Crippen LogP contribution in [0.1, 0.15) is 19.4 Å². The van der Waals surface area contributed by atoms with E-state index >= 15 is 0 Å². The van der Waals surface area contributed by atoms with Gasteiger partial charge in [0.1, 0.15) is 6.04 Å². The monoisotopic (exact) mass is 396 g/mol. The lowest BCUT2D eigenvalue weighted by atomic mass is 10.0. The summed E-state index contributed by atoms with van der Waals surface area (Å²) in [4.78, 5) is 38.7. The zero-order valence-electron chi connectivity index (χ0n) is 17.2. The SMILES string of the molecule is Cc1ccc(NC(=O)CN(C)C(=O)C(NC(=O)Nc2ccccc2)C(C)C)cc1. The molecule has 1 unspecified atom stereocenters. The minimum absolute atomic E-state index is 0.113. The van der Waals surface area contributed by atoms with Crippen LogP contribution in [0.25, 0.3) is 0 Å². The van der Waals surface area contributed by atoms with Crippen molar-refractivity contribution >= 4 is 29.2 Å². The first-order valence-corrected chi connectivity index (χ1v) is 9.50. The number of hydrogen-bond acceptors (Lipinski definition) is 3. The van der Waals surface area contributed by atoms with Crippen LogP contribution in [0.3, 0.4) is 0 Å². The van der Waals surface area contributed by atoms with Crippen LogP contribution in [0.4, 0.5) is 16.2 Å². The second-order valence-electron chi connectivity index (χ2n) is 7.29. The van der Waals surface area contributed by atoms with Crippen molar-refractivity contribution in [3.8, 4) is 0 Å². The molecule has 0 radical (unpaired) electrons. The van der Waals surface area contributed by atoms with Gasteiger partial charge in [-0.15, -0.1) is 0 Å². The number of likely N-dealkylation sites (N-methyl/N-ethyl adjacent to an activating group) is 1. The summed E-state index contributed by atoms with van der Waals surface area (Å²) in [5.74, 6) is -0.783. The Hall–Kier alpha value is -3.35. The molecule has 0 fully saturated rings. The van der Waals surface area contributed by atoms with Gasteiger partial charge >= 0.3 is 6.03 Å². The largest absolute Gasteiger partial charge is 0.335 e. The van der Waals surface area contributed by atoms with Crippen molar-refractivity contribution in [1.82, 2.24) is 10.2 Å². The highest BCUT2D eigenvalue weighted by Gasteiger charge is 2.28. The average molecular weight is 396 g/mol. The molecule has 7 nitrogen and oxygen atoms in total. The Balaban J connectivity index is 1.93. The number of anilines is 2. The molecule has 0 bridgehead atoms. The third-order valence-corrected chi connectivity index (χ3v) is 4.34. The van der Waals surface area contributed by atoms with Crippen LogP contribution >= 0.6 is 0 Å². The van der Waals surface area contributed by atoms with Gasteiger partial charge < -0.3 is 20.9 Å². The van der Waals surface area contributed by atoms with Crippen LogP contribution in [0.15, 0.2) is 54.6 Å². The lowest BCUT2D eigenvalue weighted by molar-refractivity contribution is -0.135. The van der Waals surface area contributed by atoms with E-state index in [0.717, 1.165) is 5.56 Å². The molecule has 2 rings (SSSR count). The fourth-order valence-corrected chi connectivity index (χ4v) is 2.71. The van der Waals surface area contributed by atoms with Gasteiger partial charge in [0.25, 0.3) is 0 Å². The number of rotatable bonds is 7. The van der Waals surface area contributed by atoms with Crippen LogP contribution in [-0.2, 0) is 9.59 Å². The molecule has 0 aliphatic heterocycles. The van der Waals surface area contributed by atoms with E-state index in [1.807, 2.05) is 39.0 Å². The zero-order valence-corrected chi connectivity index (χ0v) is 17.2. The number of hydrogen-bond donors (Lipinski definition) is 3. The van der Waals surface area contributed by atoms with E-state index in [1.54, 1.807) is 43.4 Å². The lowest BCUT2D eigenvalue weighted by Crippen LogP contribution is -2.52. The maximum Gasteiger partial charge on any atom is 0.319 e. The molecule has 1 atom stereocenters. The first-order chi connectivity index (χ1) is 13.8. The van der Waals surface area contributed by atoms with Crippen molar-refractivity contribution in [2.24, 2.45) is 5.92 Å². The van der Waals surface area contributed by atoms with E-state index in [4.69, 9.17) is 0 Å².